The molecule has 0 saturated heterocycles. The Balaban J connectivity index is 1.71. The molecule has 1 aliphatic rings. The molecule has 3 rings (SSSR count). The first-order valence-corrected chi connectivity index (χ1v) is 9.54. The Kier molecular flexibility index (Phi) is 6.21. The second-order valence-electron chi connectivity index (χ2n) is 6.70. The van der Waals surface area contributed by atoms with Crippen LogP contribution in [0, 0.1) is 0 Å². The van der Waals surface area contributed by atoms with Crippen molar-refractivity contribution in [3.05, 3.63) is 41.2 Å². The standard InChI is InChI=1S/C20H29N5O2/c1-5-21-20(22-10-15-11-24-25(4)13-15)23-12-17-9-19-16(7-14(3)27-19)8-18(17)26-6-2/h8-9,11,13-14H,5-7,10,12H2,1-4H3,(H2,21,22,23). The van der Waals surface area contributed by atoms with E-state index in [0.29, 0.717) is 19.7 Å². The van der Waals surface area contributed by atoms with Crippen LogP contribution in [-0.2, 0) is 26.6 Å². The minimum atomic E-state index is 0.219. The van der Waals surface area contributed by atoms with Crippen molar-refractivity contribution in [2.45, 2.75) is 46.4 Å². The maximum atomic E-state index is 5.90. The highest BCUT2D eigenvalue weighted by atomic mass is 16.5. The molecule has 7 nitrogen and oxygen atoms in total. The van der Waals surface area contributed by atoms with Gasteiger partial charge in [-0.15, -0.1) is 0 Å². The first kappa shape index (κ1) is 19.1. The summed E-state index contributed by atoms with van der Waals surface area (Å²) in [5, 5.41) is 10.9. The smallest absolute Gasteiger partial charge is 0.191 e. The van der Waals surface area contributed by atoms with Crippen molar-refractivity contribution >= 4 is 5.96 Å². The van der Waals surface area contributed by atoms with E-state index in [1.807, 2.05) is 26.4 Å². The van der Waals surface area contributed by atoms with Gasteiger partial charge in [-0.05, 0) is 32.9 Å². The molecule has 1 aromatic heterocycles. The molecular formula is C20H29N5O2. The maximum absolute atomic E-state index is 5.90. The molecule has 0 bridgehead atoms. The van der Waals surface area contributed by atoms with Gasteiger partial charge in [-0.2, -0.15) is 5.10 Å². The third-order valence-corrected chi connectivity index (χ3v) is 4.35. The van der Waals surface area contributed by atoms with Crippen LogP contribution in [0.25, 0.3) is 0 Å². The fourth-order valence-electron chi connectivity index (χ4n) is 3.15. The van der Waals surface area contributed by atoms with Gasteiger partial charge < -0.3 is 20.1 Å². The van der Waals surface area contributed by atoms with Gasteiger partial charge in [0, 0.05) is 49.4 Å². The molecule has 0 aliphatic carbocycles. The van der Waals surface area contributed by atoms with E-state index < -0.39 is 0 Å². The van der Waals surface area contributed by atoms with Gasteiger partial charge in [0.25, 0.3) is 0 Å². The van der Waals surface area contributed by atoms with Gasteiger partial charge in [0.05, 0.1) is 19.3 Å². The van der Waals surface area contributed by atoms with Gasteiger partial charge >= 0.3 is 0 Å². The minimum Gasteiger partial charge on any atom is -0.494 e. The molecule has 1 aromatic carbocycles. The Bertz CT molecular complexity index is 800. The van der Waals surface area contributed by atoms with Crippen molar-refractivity contribution in [3.8, 4) is 11.5 Å². The van der Waals surface area contributed by atoms with E-state index in [1.54, 1.807) is 4.68 Å². The number of aryl methyl sites for hydroxylation is 1. The number of aromatic nitrogens is 2. The Morgan fingerprint density at radius 1 is 1.37 bits per heavy atom. The zero-order chi connectivity index (χ0) is 19.2. The molecule has 7 heteroatoms. The fourth-order valence-corrected chi connectivity index (χ4v) is 3.15. The zero-order valence-corrected chi connectivity index (χ0v) is 16.6. The lowest BCUT2D eigenvalue weighted by molar-refractivity contribution is 0.254. The van der Waals surface area contributed by atoms with E-state index in [9.17, 15) is 0 Å². The highest BCUT2D eigenvalue weighted by Gasteiger charge is 2.21. The molecule has 27 heavy (non-hydrogen) atoms. The number of nitrogens with zero attached hydrogens (tertiary/aromatic N) is 3. The molecule has 0 amide bonds. The van der Waals surface area contributed by atoms with Crippen molar-refractivity contribution in [2.24, 2.45) is 12.0 Å². The van der Waals surface area contributed by atoms with Crippen LogP contribution in [0.4, 0.5) is 0 Å². The van der Waals surface area contributed by atoms with Crippen LogP contribution >= 0.6 is 0 Å². The monoisotopic (exact) mass is 371 g/mol. The molecule has 1 unspecified atom stereocenters. The van der Waals surface area contributed by atoms with Gasteiger partial charge in [-0.1, -0.05) is 0 Å². The van der Waals surface area contributed by atoms with E-state index in [0.717, 1.165) is 41.6 Å². The van der Waals surface area contributed by atoms with Crippen molar-refractivity contribution in [1.29, 1.82) is 0 Å². The van der Waals surface area contributed by atoms with E-state index in [-0.39, 0.29) is 6.10 Å². The van der Waals surface area contributed by atoms with Crippen molar-refractivity contribution in [2.75, 3.05) is 13.2 Å². The summed E-state index contributed by atoms with van der Waals surface area (Å²) in [5.74, 6) is 2.63. The highest BCUT2D eigenvalue weighted by Crippen LogP contribution is 2.35. The van der Waals surface area contributed by atoms with Gasteiger partial charge in [0.2, 0.25) is 0 Å². The number of benzene rings is 1. The molecule has 1 aliphatic heterocycles. The number of aliphatic imine (C=N–C) groups is 1. The molecular weight excluding hydrogens is 342 g/mol. The number of nitrogens with one attached hydrogen (secondary N) is 2. The van der Waals surface area contributed by atoms with Crippen LogP contribution in [0.2, 0.25) is 0 Å². The van der Waals surface area contributed by atoms with E-state index in [1.165, 1.54) is 5.56 Å². The number of hydrogen-bond acceptors (Lipinski definition) is 4. The average molecular weight is 371 g/mol. The normalized spacial score (nSPS) is 16.0. The summed E-state index contributed by atoms with van der Waals surface area (Å²) < 4.78 is 13.5. The van der Waals surface area contributed by atoms with Gasteiger partial charge in [0.15, 0.2) is 5.96 Å². The molecule has 0 fully saturated rings. The largest absolute Gasteiger partial charge is 0.494 e. The molecule has 1 atom stereocenters. The van der Waals surface area contributed by atoms with Crippen molar-refractivity contribution in [3.63, 3.8) is 0 Å². The summed E-state index contributed by atoms with van der Waals surface area (Å²) in [6, 6.07) is 4.19. The first-order chi connectivity index (χ1) is 13.1. The molecule has 146 valence electrons. The molecule has 2 N–H and O–H groups in total. The molecule has 0 saturated carbocycles. The average Bonchev–Trinajstić information content (AvgIpc) is 3.21. The Labute approximate surface area is 160 Å². The fraction of sp³-hybridized carbons (Fsp3) is 0.500. The SMILES string of the molecule is CCNC(=NCc1cnn(C)c1)NCc1cc2c(cc1OCC)CC(C)O2. The van der Waals surface area contributed by atoms with E-state index in [4.69, 9.17) is 9.47 Å². The third kappa shape index (κ3) is 4.93. The van der Waals surface area contributed by atoms with E-state index >= 15 is 0 Å². The first-order valence-electron chi connectivity index (χ1n) is 9.54. The topological polar surface area (TPSA) is 72.7 Å². The maximum Gasteiger partial charge on any atom is 0.191 e. The summed E-state index contributed by atoms with van der Waals surface area (Å²) in [6.45, 7) is 8.76. The van der Waals surface area contributed by atoms with Gasteiger partial charge in [-0.25, -0.2) is 4.99 Å². The quantitative estimate of drug-likeness (QED) is 0.578. The van der Waals surface area contributed by atoms with E-state index in [2.05, 4.69) is 46.7 Å². The summed E-state index contributed by atoms with van der Waals surface area (Å²) in [6.07, 6.45) is 4.95. The van der Waals surface area contributed by atoms with Crippen LogP contribution in [-0.4, -0.2) is 35.0 Å². The molecule has 2 aromatic rings. The Morgan fingerprint density at radius 3 is 2.93 bits per heavy atom. The molecule has 2 heterocycles. The van der Waals surface area contributed by atoms with Crippen LogP contribution in [0.5, 0.6) is 11.5 Å². The lowest BCUT2D eigenvalue weighted by Crippen LogP contribution is -2.36. The Morgan fingerprint density at radius 2 is 2.22 bits per heavy atom. The van der Waals surface area contributed by atoms with Crippen molar-refractivity contribution < 1.29 is 9.47 Å². The predicted molar refractivity (Wildman–Crippen MR) is 106 cm³/mol. The number of fused-ring (bicyclic) bond motifs is 1. The summed E-state index contributed by atoms with van der Waals surface area (Å²) in [7, 11) is 1.91. The summed E-state index contributed by atoms with van der Waals surface area (Å²) in [4.78, 5) is 4.64. The number of rotatable bonds is 7. The number of ether oxygens (including phenoxy) is 2. The minimum absolute atomic E-state index is 0.219. The van der Waals surface area contributed by atoms with Gasteiger partial charge in [-0.3, -0.25) is 4.68 Å². The second kappa shape index (κ2) is 8.79. The lowest BCUT2D eigenvalue weighted by atomic mass is 10.1. The second-order valence-corrected chi connectivity index (χ2v) is 6.70. The highest BCUT2D eigenvalue weighted by molar-refractivity contribution is 5.79. The van der Waals surface area contributed by atoms with Crippen molar-refractivity contribution in [1.82, 2.24) is 20.4 Å². The van der Waals surface area contributed by atoms with Crippen LogP contribution in [0.1, 0.15) is 37.5 Å². The van der Waals surface area contributed by atoms with Gasteiger partial charge in [0.1, 0.15) is 17.6 Å². The summed E-state index contributed by atoms with van der Waals surface area (Å²) >= 11 is 0. The molecule has 0 spiro atoms. The summed E-state index contributed by atoms with van der Waals surface area (Å²) in [5.41, 5.74) is 3.35. The van der Waals surface area contributed by atoms with Crippen LogP contribution in [0.3, 0.4) is 0 Å². The number of guanidine groups is 1. The van der Waals surface area contributed by atoms with Crippen LogP contribution < -0.4 is 20.1 Å². The third-order valence-electron chi connectivity index (χ3n) is 4.35. The predicted octanol–water partition coefficient (Wildman–Crippen LogP) is 2.40. The lowest BCUT2D eigenvalue weighted by Gasteiger charge is -2.15. The number of hydrogen-bond donors (Lipinski definition) is 2. The molecule has 0 radical (unpaired) electrons. The van der Waals surface area contributed by atoms with Crippen LogP contribution in [0.15, 0.2) is 29.5 Å². The zero-order valence-electron chi connectivity index (χ0n) is 16.6. The Hall–Kier alpha value is -2.70.